The fourth-order valence-electron chi connectivity index (χ4n) is 2.57. The molecule has 6 heteroatoms. The smallest absolute Gasteiger partial charge is 0.311 e. The van der Waals surface area contributed by atoms with Gasteiger partial charge in [-0.05, 0) is 31.8 Å². The van der Waals surface area contributed by atoms with Gasteiger partial charge in [-0.25, -0.2) is 0 Å². The van der Waals surface area contributed by atoms with Gasteiger partial charge in [0.15, 0.2) is 0 Å². The molecular weight excluding hydrogens is 236 g/mol. The minimum absolute atomic E-state index is 0.0644. The molecule has 0 aromatic heterocycles. The Morgan fingerprint density at radius 3 is 2.89 bits per heavy atom. The third-order valence-electron chi connectivity index (χ3n) is 3.62. The van der Waals surface area contributed by atoms with Crippen LogP contribution >= 0.6 is 0 Å². The van der Waals surface area contributed by atoms with Crippen molar-refractivity contribution in [2.24, 2.45) is 11.8 Å². The topological polar surface area (TPSA) is 87.7 Å². The monoisotopic (exact) mass is 256 g/mol. The van der Waals surface area contributed by atoms with Crippen LogP contribution in [0.4, 0.5) is 0 Å². The van der Waals surface area contributed by atoms with E-state index in [1.165, 1.54) is 0 Å². The summed E-state index contributed by atoms with van der Waals surface area (Å²) in [5, 5.41) is 15.0. The Morgan fingerprint density at radius 2 is 2.22 bits per heavy atom. The Balaban J connectivity index is 1.77. The van der Waals surface area contributed by atoms with E-state index in [0.29, 0.717) is 18.9 Å². The number of aliphatic carboxylic acids is 1. The normalized spacial score (nSPS) is 32.1. The van der Waals surface area contributed by atoms with Crippen LogP contribution in [0.25, 0.3) is 0 Å². The lowest BCUT2D eigenvalue weighted by Gasteiger charge is -2.23. The Labute approximate surface area is 106 Å². The second-order valence-corrected chi connectivity index (χ2v) is 5.07. The predicted octanol–water partition coefficient (Wildman–Crippen LogP) is -0.408. The predicted molar refractivity (Wildman–Crippen MR) is 64.1 cm³/mol. The molecule has 2 saturated heterocycles. The van der Waals surface area contributed by atoms with Gasteiger partial charge >= 0.3 is 5.97 Å². The fourth-order valence-corrected chi connectivity index (χ4v) is 2.57. The van der Waals surface area contributed by atoms with Crippen LogP contribution in [0.3, 0.4) is 0 Å². The van der Waals surface area contributed by atoms with Crippen LogP contribution in [0, 0.1) is 11.8 Å². The summed E-state index contributed by atoms with van der Waals surface area (Å²) in [7, 11) is 0. The van der Waals surface area contributed by atoms with E-state index in [-0.39, 0.29) is 18.6 Å². The molecule has 3 unspecified atom stereocenters. The largest absolute Gasteiger partial charge is 0.481 e. The molecule has 0 saturated carbocycles. The first-order chi connectivity index (χ1) is 8.66. The SMILES string of the molecule is O=C(CC1CCCNC1)NC1COCC1C(=O)O. The maximum atomic E-state index is 11.8. The van der Waals surface area contributed by atoms with E-state index in [1.807, 2.05) is 0 Å². The second-order valence-electron chi connectivity index (χ2n) is 5.07. The Hall–Kier alpha value is -1.14. The van der Waals surface area contributed by atoms with Crippen molar-refractivity contribution in [1.29, 1.82) is 0 Å². The van der Waals surface area contributed by atoms with Crippen molar-refractivity contribution in [1.82, 2.24) is 10.6 Å². The molecular formula is C12H20N2O4. The number of hydrogen-bond donors (Lipinski definition) is 3. The van der Waals surface area contributed by atoms with Crippen LogP contribution in [-0.2, 0) is 14.3 Å². The number of piperidine rings is 1. The number of carbonyl (C=O) groups is 2. The third-order valence-corrected chi connectivity index (χ3v) is 3.62. The highest BCUT2D eigenvalue weighted by Gasteiger charge is 2.35. The van der Waals surface area contributed by atoms with Gasteiger partial charge in [-0.2, -0.15) is 0 Å². The fraction of sp³-hybridized carbons (Fsp3) is 0.833. The van der Waals surface area contributed by atoms with Crippen LogP contribution in [-0.4, -0.2) is 49.3 Å². The van der Waals surface area contributed by atoms with Gasteiger partial charge in [-0.15, -0.1) is 0 Å². The van der Waals surface area contributed by atoms with E-state index in [0.717, 1.165) is 25.9 Å². The molecule has 3 N–H and O–H groups in total. The van der Waals surface area contributed by atoms with Crippen LogP contribution in [0.15, 0.2) is 0 Å². The summed E-state index contributed by atoms with van der Waals surface area (Å²) in [6, 6.07) is -0.383. The van der Waals surface area contributed by atoms with Gasteiger partial charge in [-0.1, -0.05) is 0 Å². The van der Waals surface area contributed by atoms with E-state index in [2.05, 4.69) is 10.6 Å². The summed E-state index contributed by atoms with van der Waals surface area (Å²) in [4.78, 5) is 22.8. The number of hydrogen-bond acceptors (Lipinski definition) is 4. The molecule has 3 atom stereocenters. The number of carboxylic acid groups (broad SMARTS) is 1. The summed E-state index contributed by atoms with van der Waals surface area (Å²) in [5.41, 5.74) is 0. The molecule has 0 spiro atoms. The molecule has 102 valence electrons. The van der Waals surface area contributed by atoms with E-state index in [1.54, 1.807) is 0 Å². The zero-order valence-electron chi connectivity index (χ0n) is 10.4. The first-order valence-corrected chi connectivity index (χ1v) is 6.47. The number of amides is 1. The number of carboxylic acids is 1. The molecule has 0 aliphatic carbocycles. The Kier molecular flexibility index (Phi) is 4.54. The average Bonchev–Trinajstić information content (AvgIpc) is 2.78. The van der Waals surface area contributed by atoms with Crippen molar-refractivity contribution in [2.45, 2.75) is 25.3 Å². The highest BCUT2D eigenvalue weighted by molar-refractivity contribution is 5.78. The number of nitrogens with one attached hydrogen (secondary N) is 2. The van der Waals surface area contributed by atoms with Crippen LogP contribution in [0.5, 0.6) is 0 Å². The van der Waals surface area contributed by atoms with Crippen molar-refractivity contribution < 1.29 is 19.4 Å². The second kappa shape index (κ2) is 6.15. The summed E-state index contributed by atoms with van der Waals surface area (Å²) in [5.74, 6) is -1.22. The number of ether oxygens (including phenoxy) is 1. The van der Waals surface area contributed by atoms with Gasteiger partial charge in [0.05, 0.1) is 19.3 Å². The molecule has 0 aromatic rings. The van der Waals surface area contributed by atoms with Crippen LogP contribution < -0.4 is 10.6 Å². The Bertz CT molecular complexity index is 315. The molecule has 2 aliphatic heterocycles. The van der Waals surface area contributed by atoms with Gasteiger partial charge in [0.1, 0.15) is 5.92 Å². The molecule has 2 heterocycles. The summed E-state index contributed by atoms with van der Waals surface area (Å²) in [6.45, 7) is 2.38. The lowest BCUT2D eigenvalue weighted by molar-refractivity contribution is -0.142. The third kappa shape index (κ3) is 3.43. The molecule has 2 rings (SSSR count). The van der Waals surface area contributed by atoms with Crippen LogP contribution in [0.1, 0.15) is 19.3 Å². The summed E-state index contributed by atoms with van der Waals surface area (Å²) in [6.07, 6.45) is 2.63. The molecule has 0 radical (unpaired) electrons. The van der Waals surface area contributed by atoms with E-state index >= 15 is 0 Å². The maximum Gasteiger partial charge on any atom is 0.311 e. The van der Waals surface area contributed by atoms with Gasteiger partial charge < -0.3 is 20.5 Å². The summed E-state index contributed by atoms with van der Waals surface area (Å²) < 4.78 is 5.11. The minimum atomic E-state index is -0.905. The number of rotatable bonds is 4. The maximum absolute atomic E-state index is 11.8. The highest BCUT2D eigenvalue weighted by atomic mass is 16.5. The van der Waals surface area contributed by atoms with E-state index in [4.69, 9.17) is 9.84 Å². The first-order valence-electron chi connectivity index (χ1n) is 6.47. The van der Waals surface area contributed by atoms with Crippen molar-refractivity contribution in [3.63, 3.8) is 0 Å². The molecule has 2 aliphatic rings. The lowest BCUT2D eigenvalue weighted by Crippen LogP contribution is -2.44. The van der Waals surface area contributed by atoms with E-state index < -0.39 is 11.9 Å². The molecule has 18 heavy (non-hydrogen) atoms. The molecule has 0 bridgehead atoms. The summed E-state index contributed by atoms with van der Waals surface area (Å²) >= 11 is 0. The van der Waals surface area contributed by atoms with Gasteiger partial charge in [-0.3, -0.25) is 9.59 Å². The van der Waals surface area contributed by atoms with Gasteiger partial charge in [0.2, 0.25) is 5.91 Å². The zero-order valence-corrected chi connectivity index (χ0v) is 10.4. The van der Waals surface area contributed by atoms with Crippen molar-refractivity contribution >= 4 is 11.9 Å². The lowest BCUT2D eigenvalue weighted by atomic mass is 9.95. The van der Waals surface area contributed by atoms with Crippen molar-refractivity contribution in [2.75, 3.05) is 26.3 Å². The molecule has 1 amide bonds. The number of carbonyl (C=O) groups excluding carboxylic acids is 1. The first kappa shape index (κ1) is 13.3. The van der Waals surface area contributed by atoms with Crippen molar-refractivity contribution in [3.05, 3.63) is 0 Å². The molecule has 6 nitrogen and oxygen atoms in total. The van der Waals surface area contributed by atoms with Crippen molar-refractivity contribution in [3.8, 4) is 0 Å². The quantitative estimate of drug-likeness (QED) is 0.636. The average molecular weight is 256 g/mol. The van der Waals surface area contributed by atoms with Gasteiger partial charge in [0, 0.05) is 6.42 Å². The van der Waals surface area contributed by atoms with E-state index in [9.17, 15) is 9.59 Å². The molecule has 2 fully saturated rings. The van der Waals surface area contributed by atoms with Crippen LogP contribution in [0.2, 0.25) is 0 Å². The standard InChI is InChI=1S/C12H20N2O4/c15-11(4-8-2-1-3-13-5-8)14-10-7-18-6-9(10)12(16)17/h8-10,13H,1-7H2,(H,14,15)(H,16,17). The molecule has 0 aromatic carbocycles. The Morgan fingerprint density at radius 1 is 1.39 bits per heavy atom. The highest BCUT2D eigenvalue weighted by Crippen LogP contribution is 2.17. The van der Waals surface area contributed by atoms with Gasteiger partial charge in [0.25, 0.3) is 0 Å². The minimum Gasteiger partial charge on any atom is -0.481 e. The zero-order chi connectivity index (χ0) is 13.0.